The van der Waals surface area contributed by atoms with E-state index in [1.807, 2.05) is 0 Å². The summed E-state index contributed by atoms with van der Waals surface area (Å²) >= 11 is 0. The normalized spacial score (nSPS) is 47.7. The van der Waals surface area contributed by atoms with Crippen LogP contribution < -0.4 is 16.4 Å². The van der Waals surface area contributed by atoms with Gasteiger partial charge in [0.15, 0.2) is 0 Å². The Morgan fingerprint density at radius 2 is 2.56 bits per heavy atom. The Hall–Kier alpha value is -0.610. The Morgan fingerprint density at radius 3 is 2.78 bits per heavy atom. The molecule has 2 aliphatic heterocycles. The fourth-order valence-electron chi connectivity index (χ4n) is 1.36. The van der Waals surface area contributed by atoms with Gasteiger partial charge in [0.1, 0.15) is 6.04 Å². The molecule has 0 aliphatic carbocycles. The second-order valence-electron chi connectivity index (χ2n) is 2.50. The van der Waals surface area contributed by atoms with Crippen molar-refractivity contribution in [3.05, 3.63) is 0 Å². The summed E-state index contributed by atoms with van der Waals surface area (Å²) in [6, 6.07) is -0.171. The molecule has 3 atom stereocenters. The van der Waals surface area contributed by atoms with Crippen molar-refractivity contribution in [2.75, 3.05) is 6.54 Å². The molecule has 2 aliphatic rings. The summed E-state index contributed by atoms with van der Waals surface area (Å²) in [7, 11) is 0. The molecule has 0 aromatic carbocycles. The van der Waals surface area contributed by atoms with Gasteiger partial charge in [0, 0.05) is 6.54 Å². The van der Waals surface area contributed by atoms with Gasteiger partial charge in [-0.3, -0.25) is 4.79 Å². The topological polar surface area (TPSA) is 69.2 Å². The second-order valence-corrected chi connectivity index (χ2v) is 2.50. The Balaban J connectivity index is 2.26. The number of amides is 1. The van der Waals surface area contributed by atoms with Crippen LogP contribution in [-0.4, -0.2) is 30.6 Å². The molecule has 0 saturated carbocycles. The van der Waals surface area contributed by atoms with E-state index in [1.54, 1.807) is 0 Å². The Bertz CT molecular complexity index is 158. The molecular weight excluding hydrogens is 118 g/mol. The van der Waals surface area contributed by atoms with Gasteiger partial charge in [0.05, 0.1) is 12.1 Å². The Morgan fingerprint density at radius 1 is 1.78 bits per heavy atom. The van der Waals surface area contributed by atoms with Crippen molar-refractivity contribution in [2.24, 2.45) is 5.73 Å². The molecule has 0 aromatic rings. The van der Waals surface area contributed by atoms with Crippen LogP contribution in [0.5, 0.6) is 0 Å². The highest BCUT2D eigenvalue weighted by Gasteiger charge is 2.46. The summed E-state index contributed by atoms with van der Waals surface area (Å²) in [6.07, 6.45) is 0. The quantitative estimate of drug-likeness (QED) is 0.386. The first-order valence-electron chi connectivity index (χ1n) is 3.01. The lowest BCUT2D eigenvalue weighted by atomic mass is 10.2. The molecule has 4 nitrogen and oxygen atoms in total. The SMILES string of the molecule is NC1C2C[N]C1C(=O)N2. The van der Waals surface area contributed by atoms with Gasteiger partial charge in [-0.1, -0.05) is 0 Å². The summed E-state index contributed by atoms with van der Waals surface area (Å²) in [5.41, 5.74) is 5.60. The summed E-state index contributed by atoms with van der Waals surface area (Å²) in [5.74, 6) is -0.00116. The van der Waals surface area contributed by atoms with E-state index in [-0.39, 0.29) is 24.0 Å². The number of nitrogens with zero attached hydrogens (tertiary/aromatic N) is 1. The number of hydrogen-bond donors (Lipinski definition) is 2. The van der Waals surface area contributed by atoms with Gasteiger partial charge >= 0.3 is 0 Å². The van der Waals surface area contributed by atoms with E-state index in [0.717, 1.165) is 0 Å². The molecule has 0 aromatic heterocycles. The van der Waals surface area contributed by atoms with E-state index in [0.29, 0.717) is 6.54 Å². The lowest BCUT2D eigenvalue weighted by Gasteiger charge is -2.08. The number of carbonyl (C=O) groups is 1. The largest absolute Gasteiger partial charge is 0.349 e. The van der Waals surface area contributed by atoms with Crippen LogP contribution >= 0.6 is 0 Å². The minimum atomic E-state index is -0.241. The Labute approximate surface area is 52.8 Å². The van der Waals surface area contributed by atoms with Crippen molar-refractivity contribution in [1.29, 1.82) is 0 Å². The fourth-order valence-corrected chi connectivity index (χ4v) is 1.36. The predicted molar refractivity (Wildman–Crippen MR) is 30.7 cm³/mol. The smallest absolute Gasteiger partial charge is 0.240 e. The van der Waals surface area contributed by atoms with Crippen molar-refractivity contribution < 1.29 is 4.79 Å². The van der Waals surface area contributed by atoms with E-state index in [9.17, 15) is 4.79 Å². The van der Waals surface area contributed by atoms with Crippen molar-refractivity contribution >= 4 is 5.91 Å². The van der Waals surface area contributed by atoms with E-state index >= 15 is 0 Å². The van der Waals surface area contributed by atoms with Crippen molar-refractivity contribution in [2.45, 2.75) is 18.1 Å². The third kappa shape index (κ3) is 0.516. The maximum absolute atomic E-state index is 10.8. The molecule has 2 rings (SSSR count). The zero-order valence-electron chi connectivity index (χ0n) is 4.87. The molecule has 3 N–H and O–H groups in total. The van der Waals surface area contributed by atoms with Crippen LogP contribution in [0.1, 0.15) is 0 Å². The van der Waals surface area contributed by atoms with Crippen molar-refractivity contribution in [1.82, 2.24) is 10.6 Å². The van der Waals surface area contributed by atoms with Gasteiger partial charge in [0.25, 0.3) is 0 Å². The molecule has 2 bridgehead atoms. The third-order valence-corrected chi connectivity index (χ3v) is 1.92. The predicted octanol–water partition coefficient (Wildman–Crippen LogP) is -2.20. The molecule has 2 saturated heterocycles. The number of nitrogens with one attached hydrogen (secondary N) is 1. The summed E-state index contributed by atoms with van der Waals surface area (Å²) in [4.78, 5) is 10.8. The number of nitrogens with two attached hydrogens (primary N) is 1. The van der Waals surface area contributed by atoms with E-state index in [2.05, 4.69) is 10.6 Å². The summed E-state index contributed by atoms with van der Waals surface area (Å²) in [6.45, 7) is 0.706. The average Bonchev–Trinajstić information content (AvgIpc) is 2.25. The molecule has 9 heavy (non-hydrogen) atoms. The van der Waals surface area contributed by atoms with E-state index in [4.69, 9.17) is 5.73 Å². The molecule has 49 valence electrons. The fraction of sp³-hybridized carbons (Fsp3) is 0.800. The first kappa shape index (κ1) is 5.20. The van der Waals surface area contributed by atoms with Gasteiger partial charge < -0.3 is 11.1 Å². The average molecular weight is 126 g/mol. The highest BCUT2D eigenvalue weighted by atomic mass is 16.2. The van der Waals surface area contributed by atoms with E-state index < -0.39 is 0 Å². The zero-order chi connectivity index (χ0) is 6.43. The standard InChI is InChI=1S/C5H8N3O/c6-3-2-1-7-4(3)5(9)8-2/h2-4H,1,6H2,(H,8,9). The molecule has 2 heterocycles. The number of hydrogen-bond acceptors (Lipinski definition) is 2. The van der Waals surface area contributed by atoms with Crippen molar-refractivity contribution in [3.63, 3.8) is 0 Å². The maximum atomic E-state index is 10.8. The van der Waals surface area contributed by atoms with E-state index in [1.165, 1.54) is 0 Å². The van der Waals surface area contributed by atoms with Crippen LogP contribution in [0.15, 0.2) is 0 Å². The molecule has 4 heteroatoms. The van der Waals surface area contributed by atoms with Crippen molar-refractivity contribution in [3.8, 4) is 0 Å². The van der Waals surface area contributed by atoms with Crippen LogP contribution in [0, 0.1) is 0 Å². The molecular formula is C5H8N3O. The van der Waals surface area contributed by atoms with Crippen LogP contribution in [0.25, 0.3) is 0 Å². The highest BCUT2D eigenvalue weighted by Crippen LogP contribution is 2.14. The van der Waals surface area contributed by atoms with Gasteiger partial charge in [-0.25, -0.2) is 5.32 Å². The van der Waals surface area contributed by atoms with Crippen LogP contribution in [0.2, 0.25) is 0 Å². The molecule has 1 amide bonds. The number of fused-ring (bicyclic) bond motifs is 2. The summed E-state index contributed by atoms with van der Waals surface area (Å²) in [5, 5.41) is 6.77. The second kappa shape index (κ2) is 1.46. The van der Waals surface area contributed by atoms with Gasteiger partial charge in [-0.2, -0.15) is 0 Å². The lowest BCUT2D eigenvalue weighted by Crippen LogP contribution is -2.40. The van der Waals surface area contributed by atoms with Gasteiger partial charge in [-0.15, -0.1) is 0 Å². The number of carbonyl (C=O) groups excluding carboxylic acids is 1. The number of piperazine rings is 1. The summed E-state index contributed by atoms with van der Waals surface area (Å²) < 4.78 is 0. The minimum Gasteiger partial charge on any atom is -0.349 e. The van der Waals surface area contributed by atoms with Gasteiger partial charge in [0.2, 0.25) is 5.91 Å². The molecule has 2 fully saturated rings. The first-order valence-corrected chi connectivity index (χ1v) is 3.01. The maximum Gasteiger partial charge on any atom is 0.240 e. The zero-order valence-corrected chi connectivity index (χ0v) is 4.87. The minimum absolute atomic E-state index is 0.00116. The monoisotopic (exact) mass is 126 g/mol. The first-order chi connectivity index (χ1) is 4.29. The van der Waals surface area contributed by atoms with Gasteiger partial charge in [-0.05, 0) is 0 Å². The Kier molecular flexibility index (Phi) is 0.841. The lowest BCUT2D eigenvalue weighted by molar-refractivity contribution is -0.121. The van der Waals surface area contributed by atoms with Crippen LogP contribution in [0.4, 0.5) is 0 Å². The highest BCUT2D eigenvalue weighted by molar-refractivity contribution is 5.86. The molecule has 1 radical (unpaired) electrons. The molecule has 0 spiro atoms. The van der Waals surface area contributed by atoms with Crippen LogP contribution in [-0.2, 0) is 4.79 Å². The number of rotatable bonds is 0. The third-order valence-electron chi connectivity index (χ3n) is 1.92. The molecule has 3 unspecified atom stereocenters. The van der Waals surface area contributed by atoms with Crippen LogP contribution in [0.3, 0.4) is 0 Å².